The Labute approximate surface area is 114 Å². The number of nitrogen functional groups attached to an aromatic ring is 1. The number of rotatable bonds is 3. The third kappa shape index (κ3) is 2.76. The highest BCUT2D eigenvalue weighted by Gasteiger charge is 2.10. The number of hydrogen-bond acceptors (Lipinski definition) is 3. The van der Waals surface area contributed by atoms with Crippen molar-refractivity contribution < 1.29 is 4.79 Å². The average Bonchev–Trinajstić information content (AvgIpc) is 2.35. The van der Waals surface area contributed by atoms with E-state index in [-0.39, 0.29) is 12.2 Å². The van der Waals surface area contributed by atoms with Crippen LogP contribution in [0.5, 0.6) is 0 Å². The fourth-order valence-electron chi connectivity index (χ4n) is 1.63. The van der Waals surface area contributed by atoms with E-state index in [9.17, 15) is 4.79 Å². The van der Waals surface area contributed by atoms with Gasteiger partial charge in [-0.3, -0.25) is 9.78 Å². The van der Waals surface area contributed by atoms with E-state index < -0.39 is 0 Å². The molecule has 1 aromatic carbocycles. The van der Waals surface area contributed by atoms with Crippen molar-refractivity contribution in [2.24, 2.45) is 0 Å². The number of benzene rings is 1. The van der Waals surface area contributed by atoms with Gasteiger partial charge in [-0.15, -0.1) is 0 Å². The number of aryl methyl sites for hydroxylation is 1. The van der Waals surface area contributed by atoms with E-state index in [1.807, 2.05) is 25.1 Å². The standard InChI is InChI=1S/C14H13BrN2O/c1-9-2-3-10(6-12(9)15)14(18)7-11-8-17-5-4-13(11)16/h2-6,8H,7H2,1H3,(H2,16,17). The largest absolute Gasteiger partial charge is 0.398 e. The second kappa shape index (κ2) is 5.31. The topological polar surface area (TPSA) is 56.0 Å². The Morgan fingerprint density at radius 3 is 2.83 bits per heavy atom. The Kier molecular flexibility index (Phi) is 3.77. The van der Waals surface area contributed by atoms with Crippen LogP contribution in [0.3, 0.4) is 0 Å². The van der Waals surface area contributed by atoms with Gasteiger partial charge in [-0.05, 0) is 24.6 Å². The van der Waals surface area contributed by atoms with Crippen LogP contribution in [0.1, 0.15) is 21.5 Å². The molecule has 0 radical (unpaired) electrons. The molecule has 4 heteroatoms. The quantitative estimate of drug-likeness (QED) is 0.886. The van der Waals surface area contributed by atoms with Crippen molar-refractivity contribution in [2.45, 2.75) is 13.3 Å². The van der Waals surface area contributed by atoms with E-state index in [1.54, 1.807) is 18.5 Å². The molecular formula is C14H13BrN2O. The fourth-order valence-corrected chi connectivity index (χ4v) is 2.01. The van der Waals surface area contributed by atoms with Crippen molar-refractivity contribution in [3.63, 3.8) is 0 Å². The van der Waals surface area contributed by atoms with Gasteiger partial charge in [-0.1, -0.05) is 28.1 Å². The molecule has 2 rings (SSSR count). The van der Waals surface area contributed by atoms with Crippen molar-refractivity contribution in [1.29, 1.82) is 0 Å². The van der Waals surface area contributed by atoms with E-state index >= 15 is 0 Å². The van der Waals surface area contributed by atoms with Gasteiger partial charge in [0.15, 0.2) is 5.78 Å². The minimum atomic E-state index is 0.0374. The predicted molar refractivity (Wildman–Crippen MR) is 75.6 cm³/mol. The zero-order valence-corrected chi connectivity index (χ0v) is 11.6. The molecular weight excluding hydrogens is 292 g/mol. The first-order valence-corrected chi connectivity index (χ1v) is 6.35. The monoisotopic (exact) mass is 304 g/mol. The highest BCUT2D eigenvalue weighted by molar-refractivity contribution is 9.10. The molecule has 18 heavy (non-hydrogen) atoms. The SMILES string of the molecule is Cc1ccc(C(=O)Cc2cnccc2N)cc1Br. The number of anilines is 1. The van der Waals surface area contributed by atoms with E-state index in [4.69, 9.17) is 5.73 Å². The summed E-state index contributed by atoms with van der Waals surface area (Å²) in [6.45, 7) is 1.98. The molecule has 0 unspecified atom stereocenters. The lowest BCUT2D eigenvalue weighted by atomic mass is 10.0. The second-order valence-corrected chi connectivity index (χ2v) is 4.99. The molecule has 1 aromatic heterocycles. The molecule has 0 amide bonds. The minimum Gasteiger partial charge on any atom is -0.398 e. The maximum absolute atomic E-state index is 12.1. The molecule has 1 heterocycles. The van der Waals surface area contributed by atoms with Gasteiger partial charge < -0.3 is 5.73 Å². The first kappa shape index (κ1) is 12.8. The van der Waals surface area contributed by atoms with E-state index in [0.29, 0.717) is 11.3 Å². The average molecular weight is 305 g/mol. The van der Waals surface area contributed by atoms with Crippen molar-refractivity contribution in [2.75, 3.05) is 5.73 Å². The third-order valence-electron chi connectivity index (χ3n) is 2.79. The maximum Gasteiger partial charge on any atom is 0.167 e. The highest BCUT2D eigenvalue weighted by atomic mass is 79.9. The summed E-state index contributed by atoms with van der Waals surface area (Å²) < 4.78 is 0.938. The molecule has 0 spiro atoms. The lowest BCUT2D eigenvalue weighted by molar-refractivity contribution is 0.0993. The van der Waals surface area contributed by atoms with Gasteiger partial charge >= 0.3 is 0 Å². The molecule has 2 aromatic rings. The number of hydrogen-bond donors (Lipinski definition) is 1. The molecule has 0 aliphatic rings. The summed E-state index contributed by atoms with van der Waals surface area (Å²) >= 11 is 3.42. The zero-order valence-electron chi connectivity index (χ0n) is 9.98. The number of Topliss-reactive ketones (excluding diaryl/α,β-unsaturated/α-hetero) is 1. The van der Waals surface area contributed by atoms with Gasteiger partial charge in [0.1, 0.15) is 0 Å². The number of carbonyl (C=O) groups excluding carboxylic acids is 1. The fraction of sp³-hybridized carbons (Fsp3) is 0.143. The van der Waals surface area contributed by atoms with E-state index in [0.717, 1.165) is 15.6 Å². The van der Waals surface area contributed by atoms with Crippen LogP contribution in [0, 0.1) is 6.92 Å². The van der Waals surface area contributed by atoms with Gasteiger partial charge in [0.25, 0.3) is 0 Å². The van der Waals surface area contributed by atoms with Crippen molar-refractivity contribution in [1.82, 2.24) is 4.98 Å². The second-order valence-electron chi connectivity index (χ2n) is 4.14. The number of nitrogens with zero attached hydrogens (tertiary/aromatic N) is 1. The summed E-state index contributed by atoms with van der Waals surface area (Å²) in [6.07, 6.45) is 3.53. The molecule has 2 N–H and O–H groups in total. The first-order chi connectivity index (χ1) is 8.58. The molecule has 0 saturated heterocycles. The summed E-state index contributed by atoms with van der Waals surface area (Å²) in [5, 5.41) is 0. The molecule has 92 valence electrons. The Hall–Kier alpha value is -1.68. The van der Waals surface area contributed by atoms with E-state index in [1.165, 1.54) is 0 Å². The zero-order chi connectivity index (χ0) is 13.1. The molecule has 0 fully saturated rings. The number of pyridine rings is 1. The molecule has 0 atom stereocenters. The Morgan fingerprint density at radius 2 is 2.17 bits per heavy atom. The van der Waals surface area contributed by atoms with Crippen LogP contribution >= 0.6 is 15.9 Å². The lowest BCUT2D eigenvalue weighted by Crippen LogP contribution is -2.06. The summed E-state index contributed by atoms with van der Waals surface area (Å²) in [6, 6.07) is 7.29. The number of nitrogens with two attached hydrogens (primary N) is 1. The Morgan fingerprint density at radius 1 is 1.39 bits per heavy atom. The molecule has 0 bridgehead atoms. The first-order valence-electron chi connectivity index (χ1n) is 5.55. The number of ketones is 1. The van der Waals surface area contributed by atoms with Gasteiger partial charge in [-0.2, -0.15) is 0 Å². The molecule has 0 saturated carbocycles. The van der Waals surface area contributed by atoms with Crippen molar-refractivity contribution >= 4 is 27.4 Å². The van der Waals surface area contributed by atoms with Gasteiger partial charge in [0, 0.05) is 40.1 Å². The van der Waals surface area contributed by atoms with Crippen LogP contribution in [0.15, 0.2) is 41.1 Å². The van der Waals surface area contributed by atoms with Gasteiger partial charge in [-0.25, -0.2) is 0 Å². The molecule has 3 nitrogen and oxygen atoms in total. The lowest BCUT2D eigenvalue weighted by Gasteiger charge is -2.05. The third-order valence-corrected chi connectivity index (χ3v) is 3.64. The summed E-state index contributed by atoms with van der Waals surface area (Å²) in [5.74, 6) is 0.0374. The van der Waals surface area contributed by atoms with Gasteiger partial charge in [0.2, 0.25) is 0 Å². The minimum absolute atomic E-state index is 0.0374. The van der Waals surface area contributed by atoms with Crippen LogP contribution in [-0.4, -0.2) is 10.8 Å². The van der Waals surface area contributed by atoms with E-state index in [2.05, 4.69) is 20.9 Å². The van der Waals surface area contributed by atoms with Crippen LogP contribution in [0.2, 0.25) is 0 Å². The smallest absolute Gasteiger partial charge is 0.167 e. The summed E-state index contributed by atoms with van der Waals surface area (Å²) in [5.41, 5.74) is 8.94. The van der Waals surface area contributed by atoms with Crippen LogP contribution in [-0.2, 0) is 6.42 Å². The van der Waals surface area contributed by atoms with Crippen molar-refractivity contribution in [3.05, 3.63) is 57.8 Å². The van der Waals surface area contributed by atoms with Gasteiger partial charge in [0.05, 0.1) is 0 Å². The highest BCUT2D eigenvalue weighted by Crippen LogP contribution is 2.19. The predicted octanol–water partition coefficient (Wildman–Crippen LogP) is 3.16. The number of aromatic nitrogens is 1. The molecule has 0 aliphatic heterocycles. The van der Waals surface area contributed by atoms with Crippen molar-refractivity contribution in [3.8, 4) is 0 Å². The summed E-state index contributed by atoms with van der Waals surface area (Å²) in [7, 11) is 0. The molecule has 0 aliphatic carbocycles. The van der Waals surface area contributed by atoms with Crippen LogP contribution in [0.4, 0.5) is 5.69 Å². The Balaban J connectivity index is 2.22. The normalized spacial score (nSPS) is 10.3. The Bertz CT molecular complexity index is 596. The summed E-state index contributed by atoms with van der Waals surface area (Å²) in [4.78, 5) is 16.1. The number of halogens is 1. The van der Waals surface area contributed by atoms with Crippen LogP contribution in [0.25, 0.3) is 0 Å². The van der Waals surface area contributed by atoms with Crippen LogP contribution < -0.4 is 5.73 Å². The maximum atomic E-state index is 12.1. The number of carbonyl (C=O) groups is 1.